The molecule has 2 aliphatic heterocycles. The lowest BCUT2D eigenvalue weighted by atomic mass is 9.73. The van der Waals surface area contributed by atoms with Gasteiger partial charge in [-0.15, -0.1) is 0 Å². The maximum atomic E-state index is 10.4. The summed E-state index contributed by atoms with van der Waals surface area (Å²) >= 11 is 0. The van der Waals surface area contributed by atoms with Gasteiger partial charge in [0.25, 0.3) is 0 Å². The first-order valence-corrected chi connectivity index (χ1v) is 7.36. The van der Waals surface area contributed by atoms with Gasteiger partial charge in [0.1, 0.15) is 0 Å². The smallest absolute Gasteiger partial charge is 0.0974 e. The molecular formula is C15H28O4. The van der Waals surface area contributed by atoms with Crippen LogP contribution in [-0.4, -0.2) is 45.8 Å². The minimum Gasteiger partial charge on any atom is -0.396 e. The maximum absolute atomic E-state index is 10.4. The van der Waals surface area contributed by atoms with Crippen molar-refractivity contribution < 1.29 is 19.7 Å². The third kappa shape index (κ3) is 2.23. The van der Waals surface area contributed by atoms with E-state index in [9.17, 15) is 10.2 Å². The van der Waals surface area contributed by atoms with Crippen molar-refractivity contribution >= 4 is 0 Å². The molecule has 0 spiro atoms. The summed E-state index contributed by atoms with van der Waals surface area (Å²) in [5.41, 5.74) is -1.38. The Morgan fingerprint density at radius 1 is 1.21 bits per heavy atom. The van der Waals surface area contributed by atoms with Gasteiger partial charge in [-0.2, -0.15) is 0 Å². The van der Waals surface area contributed by atoms with Gasteiger partial charge in [-0.05, 0) is 27.2 Å². The van der Waals surface area contributed by atoms with Crippen molar-refractivity contribution in [3.8, 4) is 0 Å². The maximum Gasteiger partial charge on any atom is 0.0974 e. The van der Waals surface area contributed by atoms with Crippen molar-refractivity contribution in [1.29, 1.82) is 0 Å². The number of rotatable bonds is 3. The number of aliphatic hydroxyl groups is 2. The predicted molar refractivity (Wildman–Crippen MR) is 73.0 cm³/mol. The molecule has 19 heavy (non-hydrogen) atoms. The Hall–Kier alpha value is -0.160. The summed E-state index contributed by atoms with van der Waals surface area (Å²) in [5.74, 6) is 0.0906. The molecule has 5 unspecified atom stereocenters. The minimum atomic E-state index is -0.515. The molecule has 2 saturated heterocycles. The van der Waals surface area contributed by atoms with Crippen LogP contribution >= 0.6 is 0 Å². The lowest BCUT2D eigenvalue weighted by Crippen LogP contribution is -2.63. The highest BCUT2D eigenvalue weighted by atomic mass is 16.6. The second kappa shape index (κ2) is 4.69. The van der Waals surface area contributed by atoms with E-state index in [1.807, 2.05) is 27.7 Å². The fraction of sp³-hybridized carbons (Fsp3) is 1.00. The molecule has 2 fully saturated rings. The second-order valence-electron chi connectivity index (χ2n) is 6.97. The third-order valence-electron chi connectivity index (χ3n) is 5.49. The molecule has 2 heterocycles. The molecule has 2 rings (SSSR count). The molecule has 112 valence electrons. The normalized spacial score (nSPS) is 51.9. The Morgan fingerprint density at radius 3 is 2.37 bits per heavy atom. The average molecular weight is 272 g/mol. The Labute approximate surface area is 116 Å². The van der Waals surface area contributed by atoms with Crippen LogP contribution in [0.2, 0.25) is 0 Å². The molecule has 0 aromatic heterocycles. The minimum absolute atomic E-state index is 0.00796. The van der Waals surface area contributed by atoms with E-state index in [1.54, 1.807) is 0 Å². The van der Waals surface area contributed by atoms with Gasteiger partial charge in [0.2, 0.25) is 0 Å². The van der Waals surface area contributed by atoms with Crippen molar-refractivity contribution in [2.75, 3.05) is 6.61 Å². The molecule has 6 atom stereocenters. The van der Waals surface area contributed by atoms with Gasteiger partial charge in [-0.25, -0.2) is 0 Å². The van der Waals surface area contributed by atoms with Crippen molar-refractivity contribution in [3.05, 3.63) is 0 Å². The fourth-order valence-corrected chi connectivity index (χ4v) is 3.42. The van der Waals surface area contributed by atoms with Crippen LogP contribution in [0.4, 0.5) is 0 Å². The largest absolute Gasteiger partial charge is 0.396 e. The van der Waals surface area contributed by atoms with Crippen LogP contribution in [0.5, 0.6) is 0 Å². The first kappa shape index (κ1) is 15.2. The van der Waals surface area contributed by atoms with Gasteiger partial charge >= 0.3 is 0 Å². The number of fused-ring (bicyclic) bond motifs is 1. The number of hydrogen-bond acceptors (Lipinski definition) is 4. The molecule has 0 bridgehead atoms. The summed E-state index contributed by atoms with van der Waals surface area (Å²) in [7, 11) is 0. The lowest BCUT2D eigenvalue weighted by molar-refractivity contribution is -0.279. The van der Waals surface area contributed by atoms with E-state index < -0.39 is 22.9 Å². The van der Waals surface area contributed by atoms with Crippen molar-refractivity contribution in [1.82, 2.24) is 0 Å². The van der Waals surface area contributed by atoms with Gasteiger partial charge < -0.3 is 19.7 Å². The van der Waals surface area contributed by atoms with E-state index in [4.69, 9.17) is 9.47 Å². The molecule has 4 nitrogen and oxygen atoms in total. The van der Waals surface area contributed by atoms with E-state index >= 15 is 0 Å². The Balaban J connectivity index is 2.26. The number of aliphatic hydroxyl groups excluding tert-OH is 2. The zero-order valence-electron chi connectivity index (χ0n) is 12.8. The van der Waals surface area contributed by atoms with Crippen LogP contribution in [0.1, 0.15) is 53.9 Å². The van der Waals surface area contributed by atoms with Crippen LogP contribution in [0.3, 0.4) is 0 Å². The second-order valence-corrected chi connectivity index (χ2v) is 6.97. The van der Waals surface area contributed by atoms with E-state index in [2.05, 4.69) is 6.92 Å². The zero-order chi connectivity index (χ0) is 14.5. The molecule has 0 aliphatic carbocycles. The summed E-state index contributed by atoms with van der Waals surface area (Å²) in [6.45, 7) is 10.2. The van der Waals surface area contributed by atoms with Crippen molar-refractivity contribution in [2.45, 2.75) is 82.9 Å². The molecule has 0 saturated carbocycles. The highest BCUT2D eigenvalue weighted by Gasteiger charge is 2.63. The van der Waals surface area contributed by atoms with Gasteiger partial charge in [0.05, 0.1) is 29.0 Å². The molecule has 2 N–H and O–H groups in total. The molecule has 2 aliphatic rings. The standard InChI is InChI=1S/C15H28O4/c1-6-13(3)12(17)8-14(4)15(5,19-13)7-11(18-14)10(2)9-16/h10-12,16-17H,6-9H2,1-5H3/t10?,11?,12-,13?,14?,15?/m0/s1. The SMILES string of the molecule is CCC1(C)OC2(C)CC(C(C)CO)OC2(C)C[C@@H]1O. The topological polar surface area (TPSA) is 58.9 Å². The van der Waals surface area contributed by atoms with Crippen molar-refractivity contribution in [3.63, 3.8) is 0 Å². The van der Waals surface area contributed by atoms with Crippen LogP contribution < -0.4 is 0 Å². The van der Waals surface area contributed by atoms with Crippen LogP contribution in [0, 0.1) is 5.92 Å². The van der Waals surface area contributed by atoms with Gasteiger partial charge in [-0.1, -0.05) is 13.8 Å². The molecule has 0 amide bonds. The summed E-state index contributed by atoms with van der Waals surface area (Å²) in [5, 5.41) is 19.7. The van der Waals surface area contributed by atoms with Crippen LogP contribution in [0.25, 0.3) is 0 Å². The molecule has 0 radical (unpaired) electrons. The zero-order valence-corrected chi connectivity index (χ0v) is 12.8. The summed E-state index contributed by atoms with van der Waals surface area (Å²) < 4.78 is 12.5. The average Bonchev–Trinajstić information content (AvgIpc) is 2.60. The number of ether oxygens (including phenoxy) is 2. The van der Waals surface area contributed by atoms with Crippen LogP contribution in [-0.2, 0) is 9.47 Å². The highest BCUT2D eigenvalue weighted by molar-refractivity contribution is 5.12. The van der Waals surface area contributed by atoms with E-state index in [1.165, 1.54) is 0 Å². The summed E-state index contributed by atoms with van der Waals surface area (Å²) in [4.78, 5) is 0. The Kier molecular flexibility index (Phi) is 3.76. The molecular weight excluding hydrogens is 244 g/mol. The Bertz CT molecular complexity index is 347. The highest BCUT2D eigenvalue weighted by Crippen LogP contribution is 2.53. The lowest BCUT2D eigenvalue weighted by Gasteiger charge is -2.53. The van der Waals surface area contributed by atoms with E-state index in [0.29, 0.717) is 6.42 Å². The van der Waals surface area contributed by atoms with E-state index in [0.717, 1.165) is 12.8 Å². The number of hydrogen-bond donors (Lipinski definition) is 2. The molecule has 0 aromatic rings. The van der Waals surface area contributed by atoms with Gasteiger partial charge in [0, 0.05) is 25.4 Å². The fourth-order valence-electron chi connectivity index (χ4n) is 3.42. The summed E-state index contributed by atoms with van der Waals surface area (Å²) in [6.07, 6.45) is 1.61. The third-order valence-corrected chi connectivity index (χ3v) is 5.49. The van der Waals surface area contributed by atoms with Gasteiger partial charge in [-0.3, -0.25) is 0 Å². The first-order valence-electron chi connectivity index (χ1n) is 7.36. The van der Waals surface area contributed by atoms with Crippen LogP contribution in [0.15, 0.2) is 0 Å². The quantitative estimate of drug-likeness (QED) is 0.823. The summed E-state index contributed by atoms with van der Waals surface area (Å²) in [6, 6.07) is 0. The Morgan fingerprint density at radius 2 is 1.84 bits per heavy atom. The predicted octanol–water partition coefficient (Wildman–Crippen LogP) is 1.87. The first-order chi connectivity index (χ1) is 8.70. The monoisotopic (exact) mass is 272 g/mol. The van der Waals surface area contributed by atoms with Gasteiger partial charge in [0.15, 0.2) is 0 Å². The van der Waals surface area contributed by atoms with Crippen molar-refractivity contribution in [2.24, 2.45) is 5.92 Å². The molecule has 0 aromatic carbocycles. The van der Waals surface area contributed by atoms with E-state index in [-0.39, 0.29) is 18.6 Å². The molecule has 4 heteroatoms.